The molecule has 1 atom stereocenters. The van der Waals surface area contributed by atoms with Gasteiger partial charge in [-0.15, -0.1) is 0 Å². The number of rotatable bonds is 5. The van der Waals surface area contributed by atoms with Crippen molar-refractivity contribution in [3.8, 4) is 0 Å². The summed E-state index contributed by atoms with van der Waals surface area (Å²) in [4.78, 5) is 8.84. The molecule has 1 fully saturated rings. The summed E-state index contributed by atoms with van der Waals surface area (Å²) in [6.07, 6.45) is 1.05. The van der Waals surface area contributed by atoms with Crippen LogP contribution in [0.2, 0.25) is 0 Å². The fraction of sp³-hybridized carbons (Fsp3) is 0.667. The lowest BCUT2D eigenvalue weighted by atomic mass is 10.0. The lowest BCUT2D eigenvalue weighted by molar-refractivity contribution is 0.193. The van der Waals surface area contributed by atoms with Crippen molar-refractivity contribution >= 4 is 5.82 Å². The second-order valence-corrected chi connectivity index (χ2v) is 4.21. The first-order valence-electron chi connectivity index (χ1n) is 5.95. The number of methoxy groups -OCH3 is 1. The van der Waals surface area contributed by atoms with Crippen molar-refractivity contribution in [3.63, 3.8) is 0 Å². The highest BCUT2D eigenvalue weighted by atomic mass is 16.5. The molecule has 1 N–H and O–H groups in total. The van der Waals surface area contributed by atoms with Crippen LogP contribution in [0.3, 0.4) is 0 Å². The van der Waals surface area contributed by atoms with Gasteiger partial charge in [-0.25, -0.2) is 9.97 Å². The molecule has 1 aromatic heterocycles. The predicted molar refractivity (Wildman–Crippen MR) is 65.3 cm³/mol. The van der Waals surface area contributed by atoms with E-state index in [0.29, 0.717) is 12.5 Å². The summed E-state index contributed by atoms with van der Waals surface area (Å²) in [5.74, 6) is 2.09. The molecule has 0 bridgehead atoms. The maximum Gasteiger partial charge on any atom is 0.130 e. The minimum absolute atomic E-state index is 0.416. The summed E-state index contributed by atoms with van der Waals surface area (Å²) in [6, 6.07) is 2.02. The third kappa shape index (κ3) is 3.38. The average Bonchev–Trinajstić information content (AvgIpc) is 2.82. The van der Waals surface area contributed by atoms with E-state index in [1.54, 1.807) is 7.11 Å². The van der Waals surface area contributed by atoms with Crippen molar-refractivity contribution < 1.29 is 9.47 Å². The summed E-state index contributed by atoms with van der Waals surface area (Å²) in [5, 5.41) is 3.23. The Labute approximate surface area is 102 Å². The van der Waals surface area contributed by atoms with Crippen LogP contribution in [0.15, 0.2) is 6.07 Å². The van der Waals surface area contributed by atoms with Crippen molar-refractivity contribution in [2.24, 2.45) is 0 Å². The number of nitrogens with one attached hydrogen (secondary N) is 1. The highest BCUT2D eigenvalue weighted by Crippen LogP contribution is 2.24. The summed E-state index contributed by atoms with van der Waals surface area (Å²) in [7, 11) is 1.69. The molecule has 94 valence electrons. The molecule has 5 heteroatoms. The van der Waals surface area contributed by atoms with E-state index in [2.05, 4.69) is 15.3 Å². The Morgan fingerprint density at radius 2 is 2.41 bits per heavy atom. The molecule has 2 heterocycles. The zero-order valence-corrected chi connectivity index (χ0v) is 10.4. The second kappa shape index (κ2) is 5.93. The molecule has 17 heavy (non-hydrogen) atoms. The van der Waals surface area contributed by atoms with Gasteiger partial charge in [-0.1, -0.05) is 0 Å². The van der Waals surface area contributed by atoms with Crippen molar-refractivity contribution in [2.75, 3.05) is 38.8 Å². The third-order valence-electron chi connectivity index (χ3n) is 2.82. The molecule has 1 aliphatic rings. The summed E-state index contributed by atoms with van der Waals surface area (Å²) in [6.45, 7) is 4.95. The molecule has 1 saturated heterocycles. The van der Waals surface area contributed by atoms with Crippen LogP contribution in [0.25, 0.3) is 0 Å². The Balaban J connectivity index is 2.05. The monoisotopic (exact) mass is 237 g/mol. The normalized spacial score (nSPS) is 19.5. The molecule has 2 rings (SSSR count). The molecular weight excluding hydrogens is 218 g/mol. The number of hydrogen-bond acceptors (Lipinski definition) is 5. The predicted octanol–water partition coefficient (Wildman–Crippen LogP) is 1.35. The molecule has 0 aliphatic carbocycles. The van der Waals surface area contributed by atoms with Gasteiger partial charge in [-0.05, 0) is 13.3 Å². The number of hydrogen-bond donors (Lipinski definition) is 1. The Morgan fingerprint density at radius 3 is 3.12 bits per heavy atom. The Bertz CT molecular complexity index is 365. The summed E-state index contributed by atoms with van der Waals surface area (Å²) < 4.78 is 10.4. The molecular formula is C12H19N3O2. The zero-order valence-electron chi connectivity index (χ0n) is 10.4. The van der Waals surface area contributed by atoms with Gasteiger partial charge in [-0.2, -0.15) is 0 Å². The largest absolute Gasteiger partial charge is 0.383 e. The highest BCUT2D eigenvalue weighted by Gasteiger charge is 2.20. The Morgan fingerprint density at radius 1 is 1.53 bits per heavy atom. The lowest BCUT2D eigenvalue weighted by Crippen LogP contribution is -2.11. The van der Waals surface area contributed by atoms with Crippen LogP contribution in [0.5, 0.6) is 0 Å². The topological polar surface area (TPSA) is 56.3 Å². The highest BCUT2D eigenvalue weighted by molar-refractivity contribution is 5.37. The molecule has 1 aromatic rings. The van der Waals surface area contributed by atoms with E-state index in [9.17, 15) is 0 Å². The lowest BCUT2D eigenvalue weighted by Gasteiger charge is -2.11. The van der Waals surface area contributed by atoms with E-state index in [1.165, 1.54) is 0 Å². The number of aryl methyl sites for hydroxylation is 1. The van der Waals surface area contributed by atoms with Crippen molar-refractivity contribution in [3.05, 3.63) is 17.6 Å². The van der Waals surface area contributed by atoms with Crippen LogP contribution in [-0.2, 0) is 9.47 Å². The van der Waals surface area contributed by atoms with Crippen molar-refractivity contribution in [2.45, 2.75) is 19.3 Å². The SMILES string of the molecule is COCCNc1cc([C@@H]2CCOC2)nc(C)n1. The van der Waals surface area contributed by atoms with Crippen LogP contribution < -0.4 is 5.32 Å². The minimum atomic E-state index is 0.416. The number of aromatic nitrogens is 2. The number of nitrogens with zero attached hydrogens (tertiary/aromatic N) is 2. The van der Waals surface area contributed by atoms with E-state index in [4.69, 9.17) is 9.47 Å². The number of ether oxygens (including phenoxy) is 2. The number of anilines is 1. The van der Waals surface area contributed by atoms with E-state index < -0.39 is 0 Å². The van der Waals surface area contributed by atoms with E-state index in [-0.39, 0.29) is 0 Å². The first kappa shape index (κ1) is 12.3. The first-order chi connectivity index (χ1) is 8.29. The maximum absolute atomic E-state index is 5.39. The summed E-state index contributed by atoms with van der Waals surface area (Å²) >= 11 is 0. The van der Waals surface area contributed by atoms with Gasteiger partial charge in [0.05, 0.1) is 18.9 Å². The first-order valence-corrected chi connectivity index (χ1v) is 5.95. The van der Waals surface area contributed by atoms with E-state index >= 15 is 0 Å². The van der Waals surface area contributed by atoms with Crippen LogP contribution >= 0.6 is 0 Å². The molecule has 1 aliphatic heterocycles. The van der Waals surface area contributed by atoms with Gasteiger partial charge in [0.2, 0.25) is 0 Å². The van der Waals surface area contributed by atoms with Gasteiger partial charge < -0.3 is 14.8 Å². The third-order valence-corrected chi connectivity index (χ3v) is 2.82. The molecule has 5 nitrogen and oxygen atoms in total. The molecule has 0 unspecified atom stereocenters. The molecule has 0 saturated carbocycles. The van der Waals surface area contributed by atoms with Crippen LogP contribution in [-0.4, -0.2) is 43.4 Å². The van der Waals surface area contributed by atoms with Crippen molar-refractivity contribution in [1.82, 2.24) is 9.97 Å². The Kier molecular flexibility index (Phi) is 4.28. The fourth-order valence-electron chi connectivity index (χ4n) is 1.94. The maximum atomic E-state index is 5.39. The quantitative estimate of drug-likeness (QED) is 0.783. The van der Waals surface area contributed by atoms with E-state index in [0.717, 1.165) is 43.5 Å². The van der Waals surface area contributed by atoms with E-state index in [1.807, 2.05) is 13.0 Å². The fourth-order valence-corrected chi connectivity index (χ4v) is 1.94. The molecule has 0 radical (unpaired) electrons. The van der Waals surface area contributed by atoms with Gasteiger partial charge in [0.25, 0.3) is 0 Å². The van der Waals surface area contributed by atoms with Gasteiger partial charge in [-0.3, -0.25) is 0 Å². The molecule has 0 amide bonds. The standard InChI is InChI=1S/C12H19N3O2/c1-9-14-11(10-3-5-17-8-10)7-12(15-9)13-4-6-16-2/h7,10H,3-6,8H2,1-2H3,(H,13,14,15)/t10-/m1/s1. The average molecular weight is 237 g/mol. The van der Waals surface area contributed by atoms with Crippen molar-refractivity contribution in [1.29, 1.82) is 0 Å². The molecule has 0 aromatic carbocycles. The van der Waals surface area contributed by atoms with Crippen LogP contribution in [0.4, 0.5) is 5.82 Å². The van der Waals surface area contributed by atoms with Gasteiger partial charge in [0.15, 0.2) is 0 Å². The molecule has 0 spiro atoms. The Hall–Kier alpha value is -1.20. The minimum Gasteiger partial charge on any atom is -0.383 e. The van der Waals surface area contributed by atoms with Crippen LogP contribution in [0.1, 0.15) is 23.9 Å². The van der Waals surface area contributed by atoms with Gasteiger partial charge in [0, 0.05) is 32.2 Å². The zero-order chi connectivity index (χ0) is 12.1. The van der Waals surface area contributed by atoms with Gasteiger partial charge >= 0.3 is 0 Å². The summed E-state index contributed by atoms with van der Waals surface area (Å²) in [5.41, 5.74) is 1.08. The smallest absolute Gasteiger partial charge is 0.130 e. The second-order valence-electron chi connectivity index (χ2n) is 4.21. The van der Waals surface area contributed by atoms with Crippen LogP contribution in [0, 0.1) is 6.92 Å². The van der Waals surface area contributed by atoms with Gasteiger partial charge in [0.1, 0.15) is 11.6 Å².